The molecule has 2 amide bonds. The van der Waals surface area contributed by atoms with Gasteiger partial charge in [-0.3, -0.25) is 33.6 Å². The van der Waals surface area contributed by atoms with Gasteiger partial charge in [-0.15, -0.1) is 0 Å². The molecule has 366 valence electrons. The van der Waals surface area contributed by atoms with E-state index >= 15 is 0 Å². The van der Waals surface area contributed by atoms with E-state index in [4.69, 9.17) is 67.7 Å². The van der Waals surface area contributed by atoms with Crippen LogP contribution in [0.4, 0.5) is 11.8 Å². The van der Waals surface area contributed by atoms with Crippen LogP contribution in [0.2, 0.25) is 10.0 Å². The van der Waals surface area contributed by atoms with Gasteiger partial charge in [-0.1, -0.05) is 55.2 Å². The number of anilines is 2. The van der Waals surface area contributed by atoms with Gasteiger partial charge in [-0.25, -0.2) is 9.78 Å². The molecule has 3 N–H and O–H groups in total. The highest BCUT2D eigenvalue weighted by Crippen LogP contribution is 2.50. The zero-order valence-electron chi connectivity index (χ0n) is 37.2. The summed E-state index contributed by atoms with van der Waals surface area (Å²) in [5.74, 6) is -3.04. The lowest BCUT2D eigenvalue weighted by Gasteiger charge is -2.25. The molecule has 5 heterocycles. The van der Waals surface area contributed by atoms with Gasteiger partial charge >= 0.3 is 24.3 Å². The Morgan fingerprint density at radius 1 is 0.913 bits per heavy atom. The number of aromatic nitrogens is 6. The smallest absolute Gasteiger partial charge is 0.351 e. The summed E-state index contributed by atoms with van der Waals surface area (Å²) < 4.78 is 43.9. The fraction of sp³-hybridized carbons (Fsp3) is 0.395. The van der Waals surface area contributed by atoms with Gasteiger partial charge in [0.15, 0.2) is 11.2 Å². The molecule has 1 unspecified atom stereocenters. The van der Waals surface area contributed by atoms with Crippen LogP contribution >= 0.6 is 29.9 Å². The van der Waals surface area contributed by atoms with Gasteiger partial charge in [0, 0.05) is 55.0 Å². The molecule has 0 spiro atoms. The summed E-state index contributed by atoms with van der Waals surface area (Å²) in [5.41, 5.74) is -0.199. The third-order valence-corrected chi connectivity index (χ3v) is 12.6. The Labute approximate surface area is 408 Å². The number of hydrogen-bond donors (Lipinski definition) is 3. The summed E-state index contributed by atoms with van der Waals surface area (Å²) in [6.07, 6.45) is -4.09. The molecule has 2 saturated heterocycles. The summed E-state index contributed by atoms with van der Waals surface area (Å²) in [4.78, 5) is 104. The predicted octanol–water partition coefficient (Wildman–Crippen LogP) is 6.07. The highest BCUT2D eigenvalue weighted by molar-refractivity contribution is 8.07. The summed E-state index contributed by atoms with van der Waals surface area (Å²) in [6.45, 7) is 0.770. The van der Waals surface area contributed by atoms with E-state index in [0.29, 0.717) is 10.6 Å². The Hall–Kier alpha value is -5.75. The second-order valence-corrected chi connectivity index (χ2v) is 19.6. The molecular formula is C43H45Cl2N8O14PS. The molecule has 0 aliphatic carbocycles. The van der Waals surface area contributed by atoms with Crippen molar-refractivity contribution in [2.45, 2.75) is 90.2 Å². The monoisotopic (exact) mass is 1030 g/mol. The van der Waals surface area contributed by atoms with E-state index in [1.807, 2.05) is 0 Å². The van der Waals surface area contributed by atoms with Gasteiger partial charge < -0.3 is 47.7 Å². The fourth-order valence-electron chi connectivity index (χ4n) is 6.97. The van der Waals surface area contributed by atoms with E-state index in [1.54, 1.807) is 50.2 Å². The van der Waals surface area contributed by atoms with E-state index in [2.05, 4.69) is 30.6 Å². The summed E-state index contributed by atoms with van der Waals surface area (Å²) >= 11 is 18.1. The molecule has 2 aliphatic heterocycles. The Bertz CT molecular complexity index is 2860. The number of benzene rings is 2. The van der Waals surface area contributed by atoms with E-state index < -0.39 is 85.6 Å². The third kappa shape index (κ3) is 13.3. The number of esters is 2. The molecule has 22 nitrogen and oxygen atoms in total. The van der Waals surface area contributed by atoms with Crippen molar-refractivity contribution >= 4 is 94.2 Å². The number of ether oxygens (including phenoxy) is 5. The molecule has 26 heteroatoms. The van der Waals surface area contributed by atoms with Crippen LogP contribution in [-0.4, -0.2) is 101 Å². The minimum atomic E-state index is -4.26. The minimum Gasteiger partial charge on any atom is -0.463 e. The van der Waals surface area contributed by atoms with Crippen LogP contribution in [0.15, 0.2) is 71.9 Å². The maximum Gasteiger partial charge on any atom is 0.351 e. The first kappa shape index (κ1) is 51.1. The normalized spacial score (nSPS) is 20.9. The SMILES string of the molecule is CC(=O)CCC(=O)O[C@H]1C[C@H](n2cnc3c(Oc4cc(Cl)ccc4Cl)nc(NC(=O)C(C)C)nc32)O[C@@H]1COP(O)(=S)O[C@H]1C[C@H](n2ccc(NC(=O)c3ccccc3)nc2=O)O[C@@H]1COC(C)=O. The number of nitrogens with zero attached hydrogens (tertiary/aromatic N) is 6. The van der Waals surface area contributed by atoms with Gasteiger partial charge in [0.1, 0.15) is 60.8 Å². The Balaban J connectivity index is 1.10. The Morgan fingerprint density at radius 3 is 2.32 bits per heavy atom. The molecule has 0 radical (unpaired) electrons. The number of rotatable bonds is 19. The van der Waals surface area contributed by atoms with E-state index in [1.165, 1.54) is 49.1 Å². The van der Waals surface area contributed by atoms with Crippen molar-refractivity contribution < 1.29 is 61.6 Å². The predicted molar refractivity (Wildman–Crippen MR) is 249 cm³/mol. The van der Waals surface area contributed by atoms with Crippen LogP contribution in [0.3, 0.4) is 0 Å². The lowest BCUT2D eigenvalue weighted by Crippen LogP contribution is -2.32. The highest BCUT2D eigenvalue weighted by Gasteiger charge is 2.44. The maximum atomic E-state index is 13.2. The first-order valence-corrected chi connectivity index (χ1v) is 24.6. The highest BCUT2D eigenvalue weighted by atomic mass is 35.5. The van der Waals surface area contributed by atoms with Gasteiger partial charge in [0.05, 0.1) is 24.4 Å². The number of nitrogens with one attached hydrogen (secondary N) is 2. The second-order valence-electron chi connectivity index (χ2n) is 16.0. The van der Waals surface area contributed by atoms with Gasteiger partial charge in [0.2, 0.25) is 11.9 Å². The average molecular weight is 1030 g/mol. The fourth-order valence-corrected chi connectivity index (χ4v) is 8.77. The number of hydrogen-bond acceptors (Lipinski definition) is 18. The first-order valence-electron chi connectivity index (χ1n) is 21.2. The Morgan fingerprint density at radius 2 is 1.62 bits per heavy atom. The average Bonchev–Trinajstić information content (AvgIpc) is 4.02. The first-order chi connectivity index (χ1) is 32.8. The van der Waals surface area contributed by atoms with Crippen LogP contribution in [0.1, 0.15) is 76.2 Å². The molecular weight excluding hydrogens is 986 g/mol. The van der Waals surface area contributed by atoms with Crippen molar-refractivity contribution in [3.63, 3.8) is 0 Å². The summed E-state index contributed by atoms with van der Waals surface area (Å²) in [6, 6.07) is 14.3. The topological polar surface area (TPSA) is 273 Å². The largest absolute Gasteiger partial charge is 0.463 e. The zero-order valence-corrected chi connectivity index (χ0v) is 40.4. The third-order valence-electron chi connectivity index (χ3n) is 10.4. The maximum absolute atomic E-state index is 13.2. The number of carbonyl (C=O) groups excluding carboxylic acids is 5. The van der Waals surface area contributed by atoms with Crippen LogP contribution in [0.5, 0.6) is 11.6 Å². The number of halogens is 2. The van der Waals surface area contributed by atoms with Crippen LogP contribution in [-0.2, 0) is 59.0 Å². The van der Waals surface area contributed by atoms with E-state index in [-0.39, 0.29) is 77.7 Å². The number of imidazole rings is 1. The van der Waals surface area contributed by atoms with E-state index in [9.17, 15) is 33.7 Å². The lowest BCUT2D eigenvalue weighted by atomic mass is 10.2. The quantitative estimate of drug-likeness (QED) is 0.0625. The molecule has 5 aromatic rings. The number of fused-ring (bicyclic) bond motifs is 1. The summed E-state index contributed by atoms with van der Waals surface area (Å²) in [7, 11) is 0. The molecule has 2 aliphatic rings. The molecule has 3 aromatic heterocycles. The molecule has 0 bridgehead atoms. The second kappa shape index (κ2) is 22.3. The molecule has 2 fully saturated rings. The zero-order chi connectivity index (χ0) is 49.6. The molecule has 7 rings (SSSR count). The van der Waals surface area contributed by atoms with Crippen molar-refractivity contribution in [1.82, 2.24) is 29.1 Å². The molecule has 0 saturated carbocycles. The number of Topliss-reactive ketones (excluding diaryl/α,β-unsaturated/α-hetero) is 1. The molecule has 69 heavy (non-hydrogen) atoms. The van der Waals surface area contributed by atoms with E-state index in [0.717, 1.165) is 4.57 Å². The van der Waals surface area contributed by atoms with Crippen LogP contribution < -0.4 is 21.1 Å². The van der Waals surface area contributed by atoms with Crippen molar-refractivity contribution in [2.75, 3.05) is 23.8 Å². The molecule has 2 aromatic carbocycles. The van der Waals surface area contributed by atoms with Crippen molar-refractivity contribution in [1.29, 1.82) is 0 Å². The van der Waals surface area contributed by atoms with Crippen LogP contribution in [0.25, 0.3) is 11.2 Å². The van der Waals surface area contributed by atoms with Gasteiger partial charge in [-0.05, 0) is 49.1 Å². The van der Waals surface area contributed by atoms with Crippen LogP contribution in [0, 0.1) is 5.92 Å². The van der Waals surface area contributed by atoms with Crippen molar-refractivity contribution in [2.24, 2.45) is 5.92 Å². The number of amides is 2. The number of carbonyl (C=O) groups is 5. The van der Waals surface area contributed by atoms with Crippen molar-refractivity contribution in [3.05, 3.63) is 93.2 Å². The standard InChI is InChI=1S/C43H45Cl2N8O14PS/c1-22(2)39(57)50-42-49-38-37(41(51-42)66-28-16-26(44)11-12-27(28)45)46-21-53(38)35-17-29(65-36(56)13-10-23(3)54)32(64-35)20-62-68(60,69)67-30-18-34(63-31(30)19-61-24(4)55)52-15-14-33(48-43(52)59)47-40(58)25-8-6-5-7-9-25/h5-9,11-12,14-16,21-22,29-32,34-35H,10,13,17-20H2,1-4H3,(H,60,69)(H,47,48,58,59)(H,49,50,51,57)/t29-,30-,31+,32+,34+,35+,68?/m0/s1. The Kier molecular flexibility index (Phi) is 16.5. The summed E-state index contributed by atoms with van der Waals surface area (Å²) in [5, 5.41) is 5.75. The minimum absolute atomic E-state index is 0.0156. The van der Waals surface area contributed by atoms with Gasteiger partial charge in [0.25, 0.3) is 11.8 Å². The lowest BCUT2D eigenvalue weighted by molar-refractivity contribution is -0.153. The van der Waals surface area contributed by atoms with Gasteiger partial charge in [-0.2, -0.15) is 15.0 Å². The molecule has 7 atom stereocenters. The number of ketones is 1. The van der Waals surface area contributed by atoms with Crippen molar-refractivity contribution in [3.8, 4) is 11.6 Å².